The second kappa shape index (κ2) is 13.2. The molecule has 2 aromatic heterocycles. The van der Waals surface area contributed by atoms with Crippen LogP contribution in [0.3, 0.4) is 0 Å². The zero-order chi connectivity index (χ0) is 30.7. The molecule has 4 aromatic rings. The van der Waals surface area contributed by atoms with Crippen molar-refractivity contribution in [1.82, 2.24) is 19.8 Å². The Hall–Kier alpha value is -3.86. The minimum absolute atomic E-state index is 0.0837. The number of rotatable bonds is 8. The summed E-state index contributed by atoms with van der Waals surface area (Å²) in [4.78, 5) is 35.0. The van der Waals surface area contributed by atoms with E-state index < -0.39 is 12.0 Å². The minimum Gasteiger partial charge on any atom is -0.492 e. The number of amides is 1. The van der Waals surface area contributed by atoms with Crippen molar-refractivity contribution in [1.29, 1.82) is 0 Å². The highest BCUT2D eigenvalue weighted by Gasteiger charge is 2.27. The third kappa shape index (κ3) is 6.56. The molecule has 224 valence electrons. The lowest BCUT2D eigenvalue weighted by Gasteiger charge is -2.29. The smallest absolute Gasteiger partial charge is 0.266 e. The minimum atomic E-state index is -2.57. The summed E-state index contributed by atoms with van der Waals surface area (Å²) < 4.78 is 33.6. The number of carbonyl (C=O) groups excluding carboxylic acids is 1. The summed E-state index contributed by atoms with van der Waals surface area (Å²) in [6.45, 7) is 8.38. The molecule has 7 nitrogen and oxygen atoms in total. The number of allylic oxidation sites excluding steroid dienone is 1. The highest BCUT2D eigenvalue weighted by molar-refractivity contribution is 7.13. The van der Waals surface area contributed by atoms with E-state index >= 15 is 0 Å². The highest BCUT2D eigenvalue weighted by atomic mass is 35.5. The Morgan fingerprint density at radius 2 is 1.86 bits per heavy atom. The lowest BCUT2D eigenvalue weighted by molar-refractivity contribution is 0.0735. The predicted molar refractivity (Wildman–Crippen MR) is 168 cm³/mol. The van der Waals surface area contributed by atoms with Crippen LogP contribution in [0.1, 0.15) is 48.8 Å². The average molecular weight is 625 g/mol. The van der Waals surface area contributed by atoms with E-state index in [1.54, 1.807) is 46.7 Å². The van der Waals surface area contributed by atoms with Crippen LogP contribution in [-0.4, -0.2) is 53.1 Å². The van der Waals surface area contributed by atoms with Crippen molar-refractivity contribution in [2.24, 2.45) is 0 Å². The average Bonchev–Trinajstić information content (AvgIpc) is 3.48. The van der Waals surface area contributed by atoms with Crippen LogP contribution in [0.2, 0.25) is 5.02 Å². The van der Waals surface area contributed by atoms with Crippen molar-refractivity contribution >= 4 is 34.9 Å². The molecular weight excluding hydrogens is 594 g/mol. The van der Waals surface area contributed by atoms with Gasteiger partial charge in [0, 0.05) is 47.7 Å². The summed E-state index contributed by atoms with van der Waals surface area (Å²) >= 11 is 7.67. The lowest BCUT2D eigenvalue weighted by Crippen LogP contribution is -2.47. The number of thiazole rings is 1. The van der Waals surface area contributed by atoms with Gasteiger partial charge in [0.15, 0.2) is 0 Å². The van der Waals surface area contributed by atoms with Gasteiger partial charge in [-0.05, 0) is 51.1 Å². The van der Waals surface area contributed by atoms with E-state index in [1.807, 2.05) is 26.8 Å². The molecule has 0 atom stereocenters. The van der Waals surface area contributed by atoms with Crippen LogP contribution in [0.5, 0.6) is 5.75 Å². The number of piperazine rings is 1. The second-order valence-corrected chi connectivity index (χ2v) is 11.6. The van der Waals surface area contributed by atoms with E-state index in [1.165, 1.54) is 28.0 Å². The fraction of sp³-hybridized carbons (Fsp3) is 0.281. The molecule has 1 fully saturated rings. The van der Waals surface area contributed by atoms with Gasteiger partial charge in [-0.1, -0.05) is 41.4 Å². The number of halogens is 3. The highest BCUT2D eigenvalue weighted by Crippen LogP contribution is 2.33. The van der Waals surface area contributed by atoms with E-state index in [0.717, 1.165) is 5.57 Å². The van der Waals surface area contributed by atoms with Crippen LogP contribution < -0.4 is 15.6 Å². The molecule has 43 heavy (non-hydrogen) atoms. The van der Waals surface area contributed by atoms with E-state index in [-0.39, 0.29) is 17.0 Å². The third-order valence-corrected chi connectivity index (χ3v) is 8.06. The zero-order valence-corrected chi connectivity index (χ0v) is 25.6. The number of hydrogen-bond donors (Lipinski definition) is 1. The Morgan fingerprint density at radius 3 is 2.51 bits per heavy atom. The normalized spacial score (nSPS) is 13.3. The quantitative estimate of drug-likeness (QED) is 0.227. The molecule has 0 unspecified atom stereocenters. The maximum Gasteiger partial charge on any atom is 0.266 e. The van der Waals surface area contributed by atoms with Crippen LogP contribution in [-0.2, 0) is 0 Å². The van der Waals surface area contributed by atoms with Gasteiger partial charge in [-0.15, -0.1) is 11.3 Å². The van der Waals surface area contributed by atoms with Gasteiger partial charge >= 0.3 is 0 Å². The molecule has 1 aliphatic heterocycles. The Kier molecular flexibility index (Phi) is 9.39. The Labute approximate surface area is 257 Å². The Bertz CT molecular complexity index is 1720. The molecule has 1 N–H and O–H groups in total. The SMILES string of the molecule is CCOc1ccc(Cl)cc1-n1c(C=C(C)C)c(C(=O)N2CCNCC2)cc(-c2nc(-c3ccc(C(F)F)cc3)cs2)c1=O. The number of aromatic nitrogens is 2. The van der Waals surface area contributed by atoms with Crippen molar-refractivity contribution in [3.8, 4) is 33.3 Å². The fourth-order valence-electron chi connectivity index (χ4n) is 4.92. The number of nitrogens with zero attached hydrogens (tertiary/aromatic N) is 3. The number of nitrogens with one attached hydrogen (secondary N) is 1. The van der Waals surface area contributed by atoms with E-state index in [4.69, 9.17) is 21.3 Å². The van der Waals surface area contributed by atoms with Gasteiger partial charge in [0.25, 0.3) is 17.9 Å². The van der Waals surface area contributed by atoms with Gasteiger partial charge in [-0.3, -0.25) is 14.2 Å². The zero-order valence-electron chi connectivity index (χ0n) is 24.0. The summed E-state index contributed by atoms with van der Waals surface area (Å²) in [5.74, 6) is 0.234. The third-order valence-electron chi connectivity index (χ3n) is 6.95. The van der Waals surface area contributed by atoms with E-state index in [2.05, 4.69) is 5.32 Å². The number of carbonyl (C=O) groups is 1. The van der Waals surface area contributed by atoms with E-state index in [9.17, 15) is 18.4 Å². The second-order valence-electron chi connectivity index (χ2n) is 10.3. The summed E-state index contributed by atoms with van der Waals surface area (Å²) in [6.07, 6.45) is -0.757. The first-order chi connectivity index (χ1) is 20.7. The number of benzene rings is 2. The number of hydrogen-bond acceptors (Lipinski definition) is 6. The first kappa shape index (κ1) is 30.6. The molecule has 0 radical (unpaired) electrons. The number of ether oxygens (including phenoxy) is 1. The molecule has 0 bridgehead atoms. The lowest BCUT2D eigenvalue weighted by atomic mass is 10.0. The Morgan fingerprint density at radius 1 is 1.14 bits per heavy atom. The first-order valence-electron chi connectivity index (χ1n) is 13.9. The van der Waals surface area contributed by atoms with Gasteiger partial charge in [0.1, 0.15) is 10.8 Å². The summed E-state index contributed by atoms with van der Waals surface area (Å²) in [7, 11) is 0. The largest absolute Gasteiger partial charge is 0.492 e. The van der Waals surface area contributed by atoms with Crippen molar-refractivity contribution in [2.45, 2.75) is 27.2 Å². The topological polar surface area (TPSA) is 76.5 Å². The summed E-state index contributed by atoms with van der Waals surface area (Å²) in [5, 5.41) is 5.83. The molecular formula is C32H31ClF2N4O3S. The van der Waals surface area contributed by atoms with Gasteiger partial charge in [0.05, 0.1) is 34.8 Å². The van der Waals surface area contributed by atoms with Crippen LogP contribution in [0, 0.1) is 0 Å². The van der Waals surface area contributed by atoms with Crippen LogP contribution in [0.25, 0.3) is 33.6 Å². The monoisotopic (exact) mass is 624 g/mol. The van der Waals surface area contributed by atoms with Gasteiger partial charge in [-0.25, -0.2) is 13.8 Å². The summed E-state index contributed by atoms with van der Waals surface area (Å²) in [6, 6.07) is 12.5. The van der Waals surface area contributed by atoms with Crippen molar-refractivity contribution < 1.29 is 18.3 Å². The van der Waals surface area contributed by atoms with Crippen LogP contribution in [0.15, 0.2) is 64.3 Å². The molecule has 3 heterocycles. The maximum absolute atomic E-state index is 14.4. The van der Waals surface area contributed by atoms with Crippen molar-refractivity contribution in [3.05, 3.63) is 91.7 Å². The number of pyridine rings is 1. The van der Waals surface area contributed by atoms with Crippen molar-refractivity contribution in [2.75, 3.05) is 32.8 Å². The molecule has 0 spiro atoms. The fourth-order valence-corrected chi connectivity index (χ4v) is 5.92. The van der Waals surface area contributed by atoms with Gasteiger partial charge in [0.2, 0.25) is 0 Å². The molecule has 2 aromatic carbocycles. The number of alkyl halides is 2. The van der Waals surface area contributed by atoms with Crippen LogP contribution in [0.4, 0.5) is 8.78 Å². The molecule has 11 heteroatoms. The molecule has 5 rings (SSSR count). The van der Waals surface area contributed by atoms with Crippen molar-refractivity contribution in [3.63, 3.8) is 0 Å². The first-order valence-corrected chi connectivity index (χ1v) is 15.2. The van der Waals surface area contributed by atoms with Crippen LogP contribution >= 0.6 is 22.9 Å². The molecule has 0 aliphatic carbocycles. The molecule has 0 saturated carbocycles. The van der Waals surface area contributed by atoms with Gasteiger partial charge in [-0.2, -0.15) is 0 Å². The predicted octanol–water partition coefficient (Wildman–Crippen LogP) is 7.09. The Balaban J connectivity index is 1.76. The molecule has 1 saturated heterocycles. The summed E-state index contributed by atoms with van der Waals surface area (Å²) in [5.41, 5.74) is 2.97. The van der Waals surface area contributed by atoms with Gasteiger partial charge < -0.3 is 15.0 Å². The standard InChI is InChI=1S/C32H31ClF2N4O3S/c1-4-42-28-10-9-22(33)16-27(28)39-26(15-19(2)3)23(31(40)38-13-11-36-12-14-38)17-24(32(39)41)30-37-25(18-43-30)20-5-7-21(8-6-20)29(34)35/h5-10,15-18,29,36H,4,11-14H2,1-3H3. The molecule has 1 amide bonds. The molecule has 1 aliphatic rings. The maximum atomic E-state index is 14.4. The van der Waals surface area contributed by atoms with E-state index in [0.29, 0.717) is 76.8 Å².